The molecule has 3 heteroatoms. The number of esters is 1. The Morgan fingerprint density at radius 2 is 2.14 bits per heavy atom. The summed E-state index contributed by atoms with van der Waals surface area (Å²) in [6, 6.07) is 0. The standard InChI is InChI=1S/C11H17BrO2/c1-5-7-11(3,4)9(6-2)14-10(13)8-12/h5-6,9H,1-2,7-8H2,3-4H3. The van der Waals surface area contributed by atoms with E-state index in [9.17, 15) is 4.79 Å². The first-order valence-corrected chi connectivity index (χ1v) is 5.59. The molecule has 0 aliphatic heterocycles. The molecule has 0 radical (unpaired) electrons. The highest BCUT2D eigenvalue weighted by molar-refractivity contribution is 9.09. The zero-order valence-electron chi connectivity index (χ0n) is 8.75. The van der Waals surface area contributed by atoms with Crippen LogP contribution in [0.15, 0.2) is 25.3 Å². The SMILES string of the molecule is C=CCC(C)(C)C(C=C)OC(=O)CBr. The molecule has 1 atom stereocenters. The van der Waals surface area contributed by atoms with Crippen LogP contribution in [0, 0.1) is 5.41 Å². The summed E-state index contributed by atoms with van der Waals surface area (Å²) in [5, 5.41) is 0.210. The molecule has 0 rings (SSSR count). The minimum Gasteiger partial charge on any atom is -0.457 e. The van der Waals surface area contributed by atoms with Gasteiger partial charge < -0.3 is 4.74 Å². The minimum atomic E-state index is -0.273. The average Bonchev–Trinajstić information content (AvgIpc) is 2.13. The van der Waals surface area contributed by atoms with E-state index in [2.05, 4.69) is 29.1 Å². The first kappa shape index (κ1) is 13.4. The fourth-order valence-electron chi connectivity index (χ4n) is 1.19. The predicted octanol–water partition coefficient (Wildman–Crippen LogP) is 3.08. The Bertz CT molecular complexity index is 221. The van der Waals surface area contributed by atoms with Gasteiger partial charge in [0.2, 0.25) is 0 Å². The van der Waals surface area contributed by atoms with Crippen LogP contribution in [0.5, 0.6) is 0 Å². The molecule has 80 valence electrons. The van der Waals surface area contributed by atoms with E-state index in [0.717, 1.165) is 6.42 Å². The summed E-state index contributed by atoms with van der Waals surface area (Å²) < 4.78 is 5.21. The second kappa shape index (κ2) is 6.02. The molecule has 0 heterocycles. The highest BCUT2D eigenvalue weighted by atomic mass is 79.9. The topological polar surface area (TPSA) is 26.3 Å². The molecule has 2 nitrogen and oxygen atoms in total. The van der Waals surface area contributed by atoms with E-state index < -0.39 is 0 Å². The van der Waals surface area contributed by atoms with Gasteiger partial charge in [0.1, 0.15) is 11.4 Å². The summed E-state index contributed by atoms with van der Waals surface area (Å²) in [7, 11) is 0. The predicted molar refractivity (Wildman–Crippen MR) is 62.5 cm³/mol. The molecule has 0 bridgehead atoms. The molecule has 14 heavy (non-hydrogen) atoms. The molecule has 0 spiro atoms. The molecule has 0 fully saturated rings. The summed E-state index contributed by atoms with van der Waals surface area (Å²) in [5.74, 6) is -0.271. The van der Waals surface area contributed by atoms with Gasteiger partial charge in [-0.25, -0.2) is 0 Å². The molecule has 0 aromatic rings. The van der Waals surface area contributed by atoms with Gasteiger partial charge in [0, 0.05) is 5.41 Å². The van der Waals surface area contributed by atoms with Gasteiger partial charge in [-0.15, -0.1) is 6.58 Å². The van der Waals surface area contributed by atoms with Gasteiger partial charge in [-0.1, -0.05) is 48.5 Å². The highest BCUT2D eigenvalue weighted by Crippen LogP contribution is 2.28. The number of rotatable bonds is 6. The van der Waals surface area contributed by atoms with E-state index in [1.165, 1.54) is 0 Å². The normalized spacial score (nSPS) is 13.1. The third-order valence-electron chi connectivity index (χ3n) is 2.02. The van der Waals surface area contributed by atoms with Gasteiger partial charge in [-0.05, 0) is 6.42 Å². The minimum absolute atomic E-state index is 0.151. The van der Waals surface area contributed by atoms with Gasteiger partial charge in [0.25, 0.3) is 0 Å². The third-order valence-corrected chi connectivity index (χ3v) is 2.48. The van der Waals surface area contributed by atoms with Crippen molar-refractivity contribution >= 4 is 21.9 Å². The Hall–Kier alpha value is -0.570. The van der Waals surface area contributed by atoms with Crippen LogP contribution in [-0.4, -0.2) is 17.4 Å². The van der Waals surface area contributed by atoms with Gasteiger partial charge in [0.15, 0.2) is 0 Å². The fraction of sp³-hybridized carbons (Fsp3) is 0.545. The van der Waals surface area contributed by atoms with E-state index >= 15 is 0 Å². The second-order valence-electron chi connectivity index (χ2n) is 3.76. The molecule has 0 amide bonds. The van der Waals surface area contributed by atoms with E-state index in [-0.39, 0.29) is 22.8 Å². The maximum absolute atomic E-state index is 11.1. The summed E-state index contributed by atoms with van der Waals surface area (Å²) in [6.45, 7) is 11.4. The second-order valence-corrected chi connectivity index (χ2v) is 4.32. The van der Waals surface area contributed by atoms with Crippen LogP contribution in [0.3, 0.4) is 0 Å². The zero-order valence-corrected chi connectivity index (χ0v) is 10.3. The van der Waals surface area contributed by atoms with Gasteiger partial charge >= 0.3 is 5.97 Å². The largest absolute Gasteiger partial charge is 0.457 e. The number of carbonyl (C=O) groups is 1. The third kappa shape index (κ3) is 4.09. The Labute approximate surface area is 94.2 Å². The lowest BCUT2D eigenvalue weighted by atomic mass is 9.83. The van der Waals surface area contributed by atoms with Gasteiger partial charge in [0.05, 0.1) is 0 Å². The number of allylic oxidation sites excluding steroid dienone is 1. The summed E-state index contributed by atoms with van der Waals surface area (Å²) in [5.41, 5.74) is -0.151. The van der Waals surface area contributed by atoms with Crippen LogP contribution in [0.4, 0.5) is 0 Å². The van der Waals surface area contributed by atoms with Crippen LogP contribution in [-0.2, 0) is 9.53 Å². The van der Waals surface area contributed by atoms with Crippen LogP contribution >= 0.6 is 15.9 Å². The monoisotopic (exact) mass is 260 g/mol. The van der Waals surface area contributed by atoms with Crippen molar-refractivity contribution in [3.63, 3.8) is 0 Å². The maximum atomic E-state index is 11.1. The van der Waals surface area contributed by atoms with Crippen LogP contribution in [0.25, 0.3) is 0 Å². The molecule has 0 aromatic heterocycles. The Kier molecular flexibility index (Phi) is 5.77. The van der Waals surface area contributed by atoms with Crippen LogP contribution < -0.4 is 0 Å². The van der Waals surface area contributed by atoms with Crippen molar-refractivity contribution in [2.45, 2.75) is 26.4 Å². The maximum Gasteiger partial charge on any atom is 0.317 e. The van der Waals surface area contributed by atoms with Gasteiger partial charge in [-0.2, -0.15) is 0 Å². The lowest BCUT2D eigenvalue weighted by Gasteiger charge is -2.30. The fourth-order valence-corrected chi connectivity index (χ4v) is 1.32. The van der Waals surface area contributed by atoms with Crippen LogP contribution in [0.2, 0.25) is 0 Å². The number of ether oxygens (including phenoxy) is 1. The molecule has 0 aliphatic carbocycles. The zero-order chi connectivity index (χ0) is 11.2. The first-order chi connectivity index (χ1) is 6.47. The Morgan fingerprint density at radius 3 is 2.50 bits per heavy atom. The van der Waals surface area contributed by atoms with Crippen molar-refractivity contribution in [2.24, 2.45) is 5.41 Å². The van der Waals surface area contributed by atoms with E-state index in [4.69, 9.17) is 4.74 Å². The molecule has 0 saturated carbocycles. The van der Waals surface area contributed by atoms with Gasteiger partial charge in [-0.3, -0.25) is 4.79 Å². The molecule has 0 saturated heterocycles. The summed E-state index contributed by atoms with van der Waals surface area (Å²) in [6.07, 6.45) is 3.98. The number of halogens is 1. The number of carbonyl (C=O) groups excluding carboxylic acids is 1. The molecular formula is C11H17BrO2. The molecule has 0 N–H and O–H groups in total. The average molecular weight is 261 g/mol. The summed E-state index contributed by atoms with van der Waals surface area (Å²) in [4.78, 5) is 11.1. The summed E-state index contributed by atoms with van der Waals surface area (Å²) >= 11 is 3.05. The van der Waals surface area contributed by atoms with E-state index in [1.807, 2.05) is 19.9 Å². The quantitative estimate of drug-likeness (QED) is 0.417. The Morgan fingerprint density at radius 1 is 1.57 bits per heavy atom. The molecule has 0 aliphatic rings. The van der Waals surface area contributed by atoms with Crippen molar-refractivity contribution < 1.29 is 9.53 Å². The molecular weight excluding hydrogens is 244 g/mol. The van der Waals surface area contributed by atoms with E-state index in [0.29, 0.717) is 0 Å². The van der Waals surface area contributed by atoms with Crippen LogP contribution in [0.1, 0.15) is 20.3 Å². The molecule has 0 aromatic carbocycles. The highest BCUT2D eigenvalue weighted by Gasteiger charge is 2.28. The van der Waals surface area contributed by atoms with Crippen molar-refractivity contribution in [2.75, 3.05) is 5.33 Å². The number of hydrogen-bond donors (Lipinski definition) is 0. The molecule has 1 unspecified atom stereocenters. The lowest BCUT2D eigenvalue weighted by molar-refractivity contribution is -0.148. The first-order valence-electron chi connectivity index (χ1n) is 4.47. The van der Waals surface area contributed by atoms with Crippen molar-refractivity contribution in [3.8, 4) is 0 Å². The Balaban J connectivity index is 4.45. The lowest BCUT2D eigenvalue weighted by Crippen LogP contribution is -2.32. The number of hydrogen-bond acceptors (Lipinski definition) is 2. The van der Waals surface area contributed by atoms with Crippen molar-refractivity contribution in [1.82, 2.24) is 0 Å². The van der Waals surface area contributed by atoms with E-state index in [1.54, 1.807) is 6.08 Å². The van der Waals surface area contributed by atoms with Crippen molar-refractivity contribution in [3.05, 3.63) is 25.3 Å². The smallest absolute Gasteiger partial charge is 0.317 e. The number of alkyl halides is 1. The van der Waals surface area contributed by atoms with Crippen molar-refractivity contribution in [1.29, 1.82) is 0 Å².